The number of amides is 1. The highest BCUT2D eigenvalue weighted by atomic mass is 32.1. The number of rotatable bonds is 8. The summed E-state index contributed by atoms with van der Waals surface area (Å²) in [6.07, 6.45) is 0.170. The Kier molecular flexibility index (Phi) is 6.16. The Balaban J connectivity index is 1.98. The molecule has 0 aliphatic carbocycles. The fourth-order valence-corrected chi connectivity index (χ4v) is 2.71. The summed E-state index contributed by atoms with van der Waals surface area (Å²) in [5.41, 5.74) is 1.08. The maximum Gasteiger partial charge on any atom is 0.404 e. The highest BCUT2D eigenvalue weighted by molar-refractivity contribution is 7.22. The van der Waals surface area contributed by atoms with Crippen molar-refractivity contribution in [3.63, 3.8) is 0 Å². The van der Waals surface area contributed by atoms with Crippen LogP contribution in [0.25, 0.3) is 10.2 Å². The molecule has 23 heavy (non-hydrogen) atoms. The number of carbonyl (C=O) groups is 1. The van der Waals surface area contributed by atoms with Crippen LogP contribution in [-0.4, -0.2) is 35.9 Å². The Bertz CT molecular complexity index is 702. The van der Waals surface area contributed by atoms with Crippen molar-refractivity contribution >= 4 is 32.8 Å². The number of hydrogen-bond acceptors (Lipinski definition) is 5. The van der Waals surface area contributed by atoms with E-state index < -0.39 is 6.09 Å². The van der Waals surface area contributed by atoms with Crippen molar-refractivity contribution in [3.05, 3.63) is 30.1 Å². The predicted molar refractivity (Wildman–Crippen MR) is 89.1 cm³/mol. The number of carboxylic acid groups (broad SMARTS) is 1. The topological polar surface area (TPSA) is 83.5 Å². The predicted octanol–water partition coefficient (Wildman–Crippen LogP) is 3.62. The molecular weight excluding hydrogens is 321 g/mol. The molecule has 0 fully saturated rings. The molecule has 1 aromatic carbocycles. The average Bonchev–Trinajstić information content (AvgIpc) is 2.94. The second-order valence-electron chi connectivity index (χ2n) is 4.79. The van der Waals surface area contributed by atoms with Crippen LogP contribution < -0.4 is 15.4 Å². The van der Waals surface area contributed by atoms with Gasteiger partial charge in [0.05, 0.1) is 16.5 Å². The molecule has 1 heterocycles. The fraction of sp³-hybridized carbons (Fsp3) is 0.333. The van der Waals surface area contributed by atoms with Gasteiger partial charge in [0.2, 0.25) is 0 Å². The van der Waals surface area contributed by atoms with E-state index in [0.29, 0.717) is 12.1 Å². The van der Waals surface area contributed by atoms with E-state index in [1.165, 1.54) is 11.3 Å². The monoisotopic (exact) mass is 339 g/mol. The number of fused-ring (bicyclic) bond motifs is 1. The van der Waals surface area contributed by atoms with Gasteiger partial charge in [-0.15, -0.1) is 0 Å². The van der Waals surface area contributed by atoms with Crippen molar-refractivity contribution in [1.82, 2.24) is 10.3 Å². The van der Waals surface area contributed by atoms with Gasteiger partial charge in [0.15, 0.2) is 5.13 Å². The van der Waals surface area contributed by atoms with Crippen LogP contribution in [0.1, 0.15) is 13.3 Å². The van der Waals surface area contributed by atoms with Crippen LogP contribution in [0.2, 0.25) is 0 Å². The third-order valence-electron chi connectivity index (χ3n) is 2.93. The number of thiazole rings is 1. The molecule has 0 bridgehead atoms. The molecule has 2 rings (SSSR count). The number of ether oxygens (including phenoxy) is 1. The number of halogens is 1. The lowest BCUT2D eigenvalue weighted by atomic mass is 10.3. The molecule has 0 saturated heterocycles. The van der Waals surface area contributed by atoms with Crippen LogP contribution in [-0.2, 0) is 0 Å². The van der Waals surface area contributed by atoms with Gasteiger partial charge >= 0.3 is 6.09 Å². The lowest BCUT2D eigenvalue weighted by Crippen LogP contribution is -2.25. The molecule has 0 saturated carbocycles. The van der Waals surface area contributed by atoms with Crippen LogP contribution in [0.4, 0.5) is 14.3 Å². The number of nitrogens with zero attached hydrogens (tertiary/aromatic N) is 1. The quantitative estimate of drug-likeness (QED) is 0.684. The highest BCUT2D eigenvalue weighted by Gasteiger charge is 2.06. The van der Waals surface area contributed by atoms with Gasteiger partial charge in [-0.3, -0.25) is 0 Å². The van der Waals surface area contributed by atoms with Gasteiger partial charge in [0.1, 0.15) is 12.4 Å². The highest BCUT2D eigenvalue weighted by Crippen LogP contribution is 2.29. The Labute approximate surface area is 137 Å². The van der Waals surface area contributed by atoms with Gasteiger partial charge < -0.3 is 20.5 Å². The fourth-order valence-electron chi connectivity index (χ4n) is 1.79. The lowest BCUT2D eigenvalue weighted by molar-refractivity contribution is 0.195. The molecule has 1 aromatic heterocycles. The maximum absolute atomic E-state index is 12.7. The van der Waals surface area contributed by atoms with Crippen molar-refractivity contribution in [2.45, 2.75) is 13.3 Å². The molecule has 0 aliphatic rings. The lowest BCUT2D eigenvalue weighted by Gasteiger charge is -2.08. The Morgan fingerprint density at radius 1 is 1.52 bits per heavy atom. The summed E-state index contributed by atoms with van der Waals surface area (Å²) in [7, 11) is 0. The van der Waals surface area contributed by atoms with E-state index in [0.717, 1.165) is 28.3 Å². The molecule has 124 valence electrons. The standard InChI is InChI=1S/C15H18FN3O3S/c1-2-5-17-14-19-12-4-3-11(6-13(12)23-14)22-9-10(7-16)8-18-15(20)21/h3-4,6-7,18H,2,5,8-9H2,1H3,(H,17,19)(H,20,21)/b10-7-. The summed E-state index contributed by atoms with van der Waals surface area (Å²) in [5, 5.41) is 14.7. The van der Waals surface area contributed by atoms with E-state index in [-0.39, 0.29) is 18.7 Å². The third kappa shape index (κ3) is 5.10. The Hall–Kier alpha value is -2.35. The van der Waals surface area contributed by atoms with Gasteiger partial charge in [0, 0.05) is 18.7 Å². The van der Waals surface area contributed by atoms with Gasteiger partial charge in [-0.05, 0) is 24.6 Å². The zero-order valence-electron chi connectivity index (χ0n) is 12.6. The van der Waals surface area contributed by atoms with Gasteiger partial charge in [0.25, 0.3) is 0 Å². The molecule has 1 amide bonds. The van der Waals surface area contributed by atoms with Crippen molar-refractivity contribution in [2.24, 2.45) is 0 Å². The zero-order valence-corrected chi connectivity index (χ0v) is 13.5. The Morgan fingerprint density at radius 3 is 3.04 bits per heavy atom. The van der Waals surface area contributed by atoms with E-state index >= 15 is 0 Å². The average molecular weight is 339 g/mol. The number of aromatic nitrogens is 1. The van der Waals surface area contributed by atoms with Crippen LogP contribution in [0.5, 0.6) is 5.75 Å². The first-order valence-corrected chi connectivity index (χ1v) is 7.96. The first-order valence-electron chi connectivity index (χ1n) is 7.14. The van der Waals surface area contributed by atoms with Crippen molar-refractivity contribution in [3.8, 4) is 5.75 Å². The normalized spacial score (nSPS) is 11.5. The van der Waals surface area contributed by atoms with E-state index in [9.17, 15) is 9.18 Å². The van der Waals surface area contributed by atoms with Gasteiger partial charge in [-0.1, -0.05) is 18.3 Å². The molecule has 0 aliphatic heterocycles. The SMILES string of the molecule is CCCNc1nc2ccc(OC/C(=C\F)CNC(=O)O)cc2s1. The molecule has 2 aromatic rings. The van der Waals surface area contributed by atoms with E-state index in [1.807, 2.05) is 12.1 Å². The summed E-state index contributed by atoms with van der Waals surface area (Å²) in [6.45, 7) is 2.81. The minimum Gasteiger partial charge on any atom is -0.489 e. The molecule has 0 spiro atoms. The van der Waals surface area contributed by atoms with Gasteiger partial charge in [-0.2, -0.15) is 0 Å². The first-order chi connectivity index (χ1) is 11.1. The third-order valence-corrected chi connectivity index (χ3v) is 3.91. The largest absolute Gasteiger partial charge is 0.489 e. The van der Waals surface area contributed by atoms with E-state index in [2.05, 4.69) is 22.5 Å². The molecular formula is C15H18FN3O3S. The summed E-state index contributed by atoms with van der Waals surface area (Å²) < 4.78 is 19.2. The van der Waals surface area contributed by atoms with Crippen LogP contribution in [0.15, 0.2) is 30.1 Å². The molecule has 6 nitrogen and oxygen atoms in total. The van der Waals surface area contributed by atoms with Crippen LogP contribution >= 0.6 is 11.3 Å². The molecule has 0 unspecified atom stereocenters. The summed E-state index contributed by atoms with van der Waals surface area (Å²) in [6, 6.07) is 5.43. The summed E-state index contributed by atoms with van der Waals surface area (Å²) in [4.78, 5) is 14.9. The van der Waals surface area contributed by atoms with E-state index in [4.69, 9.17) is 9.84 Å². The van der Waals surface area contributed by atoms with Crippen molar-refractivity contribution in [1.29, 1.82) is 0 Å². The van der Waals surface area contributed by atoms with Crippen molar-refractivity contribution in [2.75, 3.05) is 25.0 Å². The zero-order chi connectivity index (χ0) is 16.7. The maximum atomic E-state index is 12.7. The Morgan fingerprint density at radius 2 is 2.35 bits per heavy atom. The number of benzene rings is 1. The first kappa shape index (κ1) is 17.0. The summed E-state index contributed by atoms with van der Waals surface area (Å²) in [5.74, 6) is 0.581. The number of anilines is 1. The summed E-state index contributed by atoms with van der Waals surface area (Å²) >= 11 is 1.52. The minimum absolute atomic E-state index is 0.0258. The number of nitrogens with one attached hydrogen (secondary N) is 2. The minimum atomic E-state index is -1.21. The van der Waals surface area contributed by atoms with Gasteiger partial charge in [-0.25, -0.2) is 14.2 Å². The second-order valence-corrected chi connectivity index (χ2v) is 5.82. The molecule has 3 N–H and O–H groups in total. The van der Waals surface area contributed by atoms with Crippen LogP contribution in [0.3, 0.4) is 0 Å². The van der Waals surface area contributed by atoms with Crippen LogP contribution in [0, 0.1) is 0 Å². The molecule has 0 atom stereocenters. The van der Waals surface area contributed by atoms with Crippen molar-refractivity contribution < 1.29 is 19.0 Å². The second kappa shape index (κ2) is 8.33. The molecule has 8 heteroatoms. The van der Waals surface area contributed by atoms with E-state index in [1.54, 1.807) is 6.07 Å². The number of hydrogen-bond donors (Lipinski definition) is 3. The smallest absolute Gasteiger partial charge is 0.404 e. The molecule has 0 radical (unpaired) electrons.